The molecule has 0 aromatic carbocycles. The molecule has 0 saturated carbocycles. The number of primary amides is 1. The minimum Gasteiger partial charge on any atom is -0.365 e. The molecule has 0 spiro atoms. The van der Waals surface area contributed by atoms with Crippen LogP contribution in [0.2, 0.25) is 0 Å². The zero-order valence-corrected chi connectivity index (χ0v) is 7.27. The van der Waals surface area contributed by atoms with Crippen molar-refractivity contribution in [2.75, 3.05) is 0 Å². The van der Waals surface area contributed by atoms with Crippen LogP contribution in [0.3, 0.4) is 0 Å². The molecule has 0 unspecified atom stereocenters. The van der Waals surface area contributed by atoms with Gasteiger partial charge in [-0.05, 0) is 6.42 Å². The van der Waals surface area contributed by atoms with Gasteiger partial charge in [0.15, 0.2) is 5.69 Å². The lowest BCUT2D eigenvalue weighted by Gasteiger charge is -2.03. The van der Waals surface area contributed by atoms with Gasteiger partial charge in [0.1, 0.15) is 0 Å². The second-order valence-corrected chi connectivity index (χ2v) is 2.64. The summed E-state index contributed by atoms with van der Waals surface area (Å²) in [4.78, 5) is 10.8. The van der Waals surface area contributed by atoms with Crippen LogP contribution >= 0.6 is 0 Å². The fraction of sp³-hybridized carbons (Fsp3) is 0.429. The molecular formula is C7H8F3N3O. The third-order valence-corrected chi connectivity index (χ3v) is 1.71. The minimum atomic E-state index is -4.66. The maximum Gasteiger partial charge on any atom is 0.435 e. The molecule has 1 heterocycles. The highest BCUT2D eigenvalue weighted by Gasteiger charge is 2.39. The van der Waals surface area contributed by atoms with Gasteiger partial charge in [-0.3, -0.25) is 9.89 Å². The number of carbonyl (C=O) groups excluding carboxylic acids is 1. The monoisotopic (exact) mass is 207 g/mol. The first-order chi connectivity index (χ1) is 6.38. The number of nitrogens with one attached hydrogen (secondary N) is 1. The first-order valence-corrected chi connectivity index (χ1v) is 3.82. The van der Waals surface area contributed by atoms with E-state index in [2.05, 4.69) is 10.2 Å². The van der Waals surface area contributed by atoms with E-state index in [1.54, 1.807) is 6.92 Å². The van der Waals surface area contributed by atoms with E-state index in [0.29, 0.717) is 0 Å². The molecule has 1 aromatic heterocycles. The van der Waals surface area contributed by atoms with Gasteiger partial charge < -0.3 is 5.73 Å². The van der Waals surface area contributed by atoms with E-state index in [4.69, 9.17) is 5.73 Å². The smallest absolute Gasteiger partial charge is 0.365 e. The van der Waals surface area contributed by atoms with Gasteiger partial charge in [-0.1, -0.05) is 6.92 Å². The molecule has 7 heteroatoms. The number of aryl methyl sites for hydroxylation is 1. The van der Waals surface area contributed by atoms with E-state index in [0.717, 1.165) is 0 Å². The standard InChI is InChI=1S/C7H8F3N3O/c1-2-3-4(6(11)14)5(13-12-3)7(8,9)10/h2H2,1H3,(H2,11,14)(H,12,13). The summed E-state index contributed by atoms with van der Waals surface area (Å²) in [5.41, 5.74) is 3.12. The quantitative estimate of drug-likeness (QED) is 0.761. The molecule has 0 aliphatic rings. The van der Waals surface area contributed by atoms with E-state index in [9.17, 15) is 18.0 Å². The third kappa shape index (κ3) is 1.70. The molecule has 1 rings (SSSR count). The van der Waals surface area contributed by atoms with Gasteiger partial charge >= 0.3 is 6.18 Å². The van der Waals surface area contributed by atoms with Crippen LogP contribution in [-0.2, 0) is 12.6 Å². The lowest BCUT2D eigenvalue weighted by molar-refractivity contribution is -0.141. The molecule has 0 atom stereocenters. The lowest BCUT2D eigenvalue weighted by atomic mass is 10.1. The van der Waals surface area contributed by atoms with Crippen molar-refractivity contribution < 1.29 is 18.0 Å². The summed E-state index contributed by atoms with van der Waals surface area (Å²) in [7, 11) is 0. The van der Waals surface area contributed by atoms with Gasteiger partial charge in [-0.25, -0.2) is 0 Å². The number of halogens is 3. The molecule has 0 aliphatic carbocycles. The Balaban J connectivity index is 3.32. The molecule has 78 valence electrons. The third-order valence-electron chi connectivity index (χ3n) is 1.71. The van der Waals surface area contributed by atoms with Crippen LogP contribution in [0.1, 0.15) is 28.7 Å². The van der Waals surface area contributed by atoms with Crippen molar-refractivity contribution in [3.05, 3.63) is 17.0 Å². The van der Waals surface area contributed by atoms with Crippen LogP contribution in [0, 0.1) is 0 Å². The summed E-state index contributed by atoms with van der Waals surface area (Å²) >= 11 is 0. The van der Waals surface area contributed by atoms with E-state index >= 15 is 0 Å². The highest BCUT2D eigenvalue weighted by Crippen LogP contribution is 2.31. The number of amides is 1. The fourth-order valence-electron chi connectivity index (χ4n) is 1.10. The lowest BCUT2D eigenvalue weighted by Crippen LogP contribution is -2.19. The number of nitrogens with two attached hydrogens (primary N) is 1. The predicted octanol–water partition coefficient (Wildman–Crippen LogP) is 1.09. The minimum absolute atomic E-state index is 0.102. The normalized spacial score (nSPS) is 11.7. The van der Waals surface area contributed by atoms with Crippen LogP contribution in [0.25, 0.3) is 0 Å². The molecule has 1 aromatic rings. The maximum atomic E-state index is 12.3. The Morgan fingerprint density at radius 2 is 2.14 bits per heavy atom. The van der Waals surface area contributed by atoms with E-state index in [1.165, 1.54) is 0 Å². The average molecular weight is 207 g/mol. The van der Waals surface area contributed by atoms with Crippen molar-refractivity contribution in [3.63, 3.8) is 0 Å². The van der Waals surface area contributed by atoms with Gasteiger partial charge in [-0.15, -0.1) is 0 Å². The Bertz CT molecular complexity index is 356. The van der Waals surface area contributed by atoms with Crippen LogP contribution in [-0.4, -0.2) is 16.1 Å². The number of hydrogen-bond donors (Lipinski definition) is 2. The number of rotatable bonds is 2. The number of hydrogen-bond acceptors (Lipinski definition) is 2. The van der Waals surface area contributed by atoms with Crippen LogP contribution < -0.4 is 5.73 Å². The number of nitrogens with zero attached hydrogens (tertiary/aromatic N) is 1. The zero-order chi connectivity index (χ0) is 10.9. The van der Waals surface area contributed by atoms with Crippen molar-refractivity contribution in [1.29, 1.82) is 0 Å². The Morgan fingerprint density at radius 1 is 1.57 bits per heavy atom. The number of H-pyrrole nitrogens is 1. The van der Waals surface area contributed by atoms with Crippen LogP contribution in [0.5, 0.6) is 0 Å². The Kier molecular flexibility index (Phi) is 2.50. The van der Waals surface area contributed by atoms with Crippen LogP contribution in [0.4, 0.5) is 13.2 Å². The fourth-order valence-corrected chi connectivity index (χ4v) is 1.10. The topological polar surface area (TPSA) is 71.8 Å². The summed E-state index contributed by atoms with van der Waals surface area (Å²) in [6.45, 7) is 1.60. The van der Waals surface area contributed by atoms with Gasteiger partial charge in [-0.2, -0.15) is 18.3 Å². The Morgan fingerprint density at radius 3 is 2.50 bits per heavy atom. The molecule has 4 nitrogen and oxygen atoms in total. The number of carbonyl (C=O) groups is 1. The van der Waals surface area contributed by atoms with Crippen molar-refractivity contribution in [3.8, 4) is 0 Å². The molecule has 0 bridgehead atoms. The number of aromatic amines is 1. The second kappa shape index (κ2) is 3.32. The Labute approximate surface area is 77.3 Å². The number of alkyl halides is 3. The van der Waals surface area contributed by atoms with E-state index in [1.807, 2.05) is 0 Å². The van der Waals surface area contributed by atoms with Crippen molar-refractivity contribution in [1.82, 2.24) is 10.2 Å². The Hall–Kier alpha value is -1.53. The predicted molar refractivity (Wildman–Crippen MR) is 41.5 cm³/mol. The largest absolute Gasteiger partial charge is 0.435 e. The second-order valence-electron chi connectivity index (χ2n) is 2.64. The first-order valence-electron chi connectivity index (χ1n) is 3.82. The maximum absolute atomic E-state index is 12.3. The summed E-state index contributed by atoms with van der Waals surface area (Å²) in [6.07, 6.45) is -4.42. The summed E-state index contributed by atoms with van der Waals surface area (Å²) in [6, 6.07) is 0. The molecule has 0 saturated heterocycles. The molecule has 0 fully saturated rings. The summed E-state index contributed by atoms with van der Waals surface area (Å²) in [5, 5.41) is 5.17. The van der Waals surface area contributed by atoms with Crippen molar-refractivity contribution >= 4 is 5.91 Å². The first kappa shape index (κ1) is 10.6. The van der Waals surface area contributed by atoms with E-state index < -0.39 is 23.3 Å². The molecule has 1 amide bonds. The average Bonchev–Trinajstić information content (AvgIpc) is 2.45. The van der Waals surface area contributed by atoms with E-state index in [-0.39, 0.29) is 12.1 Å². The molecule has 14 heavy (non-hydrogen) atoms. The molecule has 3 N–H and O–H groups in total. The summed E-state index contributed by atoms with van der Waals surface area (Å²) in [5.74, 6) is -1.12. The highest BCUT2D eigenvalue weighted by atomic mass is 19.4. The van der Waals surface area contributed by atoms with Gasteiger partial charge in [0.2, 0.25) is 0 Å². The van der Waals surface area contributed by atoms with Gasteiger partial charge in [0.25, 0.3) is 5.91 Å². The molecule has 0 aliphatic heterocycles. The van der Waals surface area contributed by atoms with Crippen molar-refractivity contribution in [2.45, 2.75) is 19.5 Å². The highest BCUT2D eigenvalue weighted by molar-refractivity contribution is 5.95. The molecule has 0 radical (unpaired) electrons. The number of aromatic nitrogens is 2. The zero-order valence-electron chi connectivity index (χ0n) is 7.27. The van der Waals surface area contributed by atoms with Crippen molar-refractivity contribution in [2.24, 2.45) is 5.73 Å². The SMILES string of the molecule is CCc1[nH]nc(C(F)(F)F)c1C(N)=O. The van der Waals surface area contributed by atoms with Gasteiger partial charge in [0.05, 0.1) is 5.56 Å². The van der Waals surface area contributed by atoms with Gasteiger partial charge in [0, 0.05) is 5.69 Å². The van der Waals surface area contributed by atoms with Crippen LogP contribution in [0.15, 0.2) is 0 Å². The summed E-state index contributed by atoms with van der Waals surface area (Å²) < 4.78 is 36.8. The molecular weight excluding hydrogens is 199 g/mol.